The summed E-state index contributed by atoms with van der Waals surface area (Å²) < 4.78 is 0. The van der Waals surface area contributed by atoms with Crippen LogP contribution in [0.25, 0.3) is 11.3 Å². The second-order valence-electron chi connectivity index (χ2n) is 17.3. The van der Waals surface area contributed by atoms with Crippen LogP contribution in [0.1, 0.15) is 64.7 Å². The molecule has 1 aliphatic heterocycles. The molecule has 4 aromatic rings. The van der Waals surface area contributed by atoms with Crippen LogP contribution >= 0.6 is 0 Å². The molecule has 1 fully saturated rings. The van der Waals surface area contributed by atoms with Gasteiger partial charge in [0.2, 0.25) is 11.8 Å². The van der Waals surface area contributed by atoms with Gasteiger partial charge in [-0.3, -0.25) is 14.6 Å². The molecule has 5 amide bonds. The number of pyridine rings is 1. The van der Waals surface area contributed by atoms with Gasteiger partial charge in [0.1, 0.15) is 12.1 Å². The Labute approximate surface area is 342 Å². The maximum absolute atomic E-state index is 14.5. The van der Waals surface area contributed by atoms with Crippen molar-refractivity contribution >= 4 is 23.9 Å². The number of benzene rings is 3. The van der Waals surface area contributed by atoms with E-state index in [1.807, 2.05) is 124 Å². The van der Waals surface area contributed by atoms with Crippen molar-refractivity contribution in [3.8, 4) is 11.3 Å². The van der Waals surface area contributed by atoms with E-state index >= 15 is 0 Å². The van der Waals surface area contributed by atoms with Gasteiger partial charge >= 0.3 is 12.1 Å². The SMILES string of the molecule is CC(C)(C)C(NC(=O)O)C(=O)NC(Cc1ccc(-c2ccccn2)cc1)CC(O)C(Cc1ccccc1)NC(=O)C(N1CCN(Cc2ccccc2)C1=O)C(C)(C)C. The number of hydrogen-bond donors (Lipinski definition) is 5. The Kier molecular flexibility index (Phi) is 14.3. The molecule has 0 aliphatic carbocycles. The summed E-state index contributed by atoms with van der Waals surface area (Å²) in [5.74, 6) is -0.909. The molecular weight excluding hydrogens is 733 g/mol. The van der Waals surface area contributed by atoms with E-state index in [1.165, 1.54) is 0 Å². The maximum atomic E-state index is 14.5. The van der Waals surface area contributed by atoms with Crippen LogP contribution in [0.15, 0.2) is 109 Å². The maximum Gasteiger partial charge on any atom is 0.405 e. The average Bonchev–Trinajstić information content (AvgIpc) is 3.51. The minimum Gasteiger partial charge on any atom is -0.465 e. The highest BCUT2D eigenvalue weighted by molar-refractivity contribution is 5.89. The Balaban J connectivity index is 1.41. The number of nitrogens with one attached hydrogen (secondary N) is 3. The molecule has 3 aromatic carbocycles. The summed E-state index contributed by atoms with van der Waals surface area (Å²) in [5.41, 5.74) is 3.08. The first kappa shape index (κ1) is 43.4. The lowest BCUT2D eigenvalue weighted by atomic mass is 9.84. The first-order valence-electron chi connectivity index (χ1n) is 19.9. The third kappa shape index (κ3) is 11.9. The fraction of sp³-hybridized carbons (Fsp3) is 0.413. The molecule has 1 aliphatic rings. The monoisotopic (exact) mass is 790 g/mol. The van der Waals surface area contributed by atoms with Crippen LogP contribution in [-0.2, 0) is 29.0 Å². The molecule has 0 radical (unpaired) electrons. The van der Waals surface area contributed by atoms with Crippen molar-refractivity contribution in [2.75, 3.05) is 13.1 Å². The largest absolute Gasteiger partial charge is 0.465 e. The summed E-state index contributed by atoms with van der Waals surface area (Å²) in [5, 5.41) is 30.3. The van der Waals surface area contributed by atoms with E-state index in [2.05, 4.69) is 20.9 Å². The van der Waals surface area contributed by atoms with Gasteiger partial charge in [-0.2, -0.15) is 0 Å². The van der Waals surface area contributed by atoms with Gasteiger partial charge in [0, 0.05) is 37.4 Å². The summed E-state index contributed by atoms with van der Waals surface area (Å²) in [7, 11) is 0. The van der Waals surface area contributed by atoms with E-state index < -0.39 is 53.1 Å². The highest BCUT2D eigenvalue weighted by Gasteiger charge is 2.44. The molecular formula is C46H58N6O6. The van der Waals surface area contributed by atoms with E-state index in [-0.39, 0.29) is 24.8 Å². The van der Waals surface area contributed by atoms with Crippen LogP contribution in [0, 0.1) is 10.8 Å². The molecule has 12 nitrogen and oxygen atoms in total. The number of carboxylic acid groups (broad SMARTS) is 1. The molecule has 2 heterocycles. The van der Waals surface area contributed by atoms with Gasteiger partial charge in [0.25, 0.3) is 0 Å². The molecule has 5 unspecified atom stereocenters. The molecule has 1 aromatic heterocycles. The molecule has 5 N–H and O–H groups in total. The van der Waals surface area contributed by atoms with Crippen molar-refractivity contribution in [1.29, 1.82) is 0 Å². The Morgan fingerprint density at radius 1 is 0.707 bits per heavy atom. The van der Waals surface area contributed by atoms with Crippen molar-refractivity contribution in [2.45, 2.75) is 97.6 Å². The number of aliphatic hydroxyl groups excluding tert-OH is 1. The number of carbonyl (C=O) groups is 4. The van der Waals surface area contributed by atoms with E-state index in [0.717, 1.165) is 27.9 Å². The van der Waals surface area contributed by atoms with Crippen molar-refractivity contribution in [3.05, 3.63) is 126 Å². The van der Waals surface area contributed by atoms with Gasteiger partial charge in [-0.1, -0.05) is 133 Å². The lowest BCUT2D eigenvalue weighted by Gasteiger charge is -2.38. The summed E-state index contributed by atoms with van der Waals surface area (Å²) in [4.78, 5) is 61.8. The summed E-state index contributed by atoms with van der Waals surface area (Å²) in [6.45, 7) is 12.4. The molecule has 12 heteroatoms. The number of aromatic nitrogens is 1. The predicted octanol–water partition coefficient (Wildman–Crippen LogP) is 6.29. The third-order valence-electron chi connectivity index (χ3n) is 10.5. The average molecular weight is 791 g/mol. The lowest BCUT2D eigenvalue weighted by molar-refractivity contribution is -0.131. The number of urea groups is 1. The number of nitrogens with zero attached hydrogens (tertiary/aromatic N) is 3. The zero-order chi connectivity index (χ0) is 42.0. The van der Waals surface area contributed by atoms with Gasteiger partial charge in [-0.15, -0.1) is 0 Å². The fourth-order valence-electron chi connectivity index (χ4n) is 7.57. The normalized spacial score (nSPS) is 15.9. The number of aliphatic hydroxyl groups is 1. The Morgan fingerprint density at radius 2 is 1.31 bits per heavy atom. The van der Waals surface area contributed by atoms with Crippen molar-refractivity contribution in [1.82, 2.24) is 30.7 Å². The Bertz CT molecular complexity index is 1970. The van der Waals surface area contributed by atoms with Gasteiger partial charge in [0.15, 0.2) is 0 Å². The lowest BCUT2D eigenvalue weighted by Crippen LogP contribution is -2.59. The number of amides is 5. The Hall–Kier alpha value is -5.75. The van der Waals surface area contributed by atoms with Crippen molar-refractivity contribution in [3.63, 3.8) is 0 Å². The zero-order valence-corrected chi connectivity index (χ0v) is 34.4. The van der Waals surface area contributed by atoms with Crippen LogP contribution in [-0.4, -0.2) is 92.3 Å². The number of hydrogen-bond acceptors (Lipinski definition) is 6. The minimum atomic E-state index is -1.32. The summed E-state index contributed by atoms with van der Waals surface area (Å²) >= 11 is 0. The van der Waals surface area contributed by atoms with Gasteiger partial charge in [-0.25, -0.2) is 9.59 Å². The fourth-order valence-corrected chi connectivity index (χ4v) is 7.57. The van der Waals surface area contributed by atoms with E-state index in [0.29, 0.717) is 26.1 Å². The second-order valence-corrected chi connectivity index (χ2v) is 17.3. The van der Waals surface area contributed by atoms with E-state index in [1.54, 1.807) is 36.8 Å². The van der Waals surface area contributed by atoms with Crippen LogP contribution in [0.5, 0.6) is 0 Å². The molecule has 5 rings (SSSR count). The van der Waals surface area contributed by atoms with Crippen LogP contribution in [0.4, 0.5) is 9.59 Å². The van der Waals surface area contributed by atoms with E-state index in [9.17, 15) is 29.4 Å². The molecule has 5 atom stereocenters. The van der Waals surface area contributed by atoms with Gasteiger partial charge in [0.05, 0.1) is 17.8 Å². The quantitative estimate of drug-likeness (QED) is 0.0891. The van der Waals surface area contributed by atoms with E-state index in [4.69, 9.17) is 0 Å². The van der Waals surface area contributed by atoms with Crippen molar-refractivity contribution in [2.24, 2.45) is 10.8 Å². The summed E-state index contributed by atoms with van der Waals surface area (Å²) in [6, 6.07) is 29.1. The first-order valence-corrected chi connectivity index (χ1v) is 19.9. The molecule has 308 valence electrons. The first-order chi connectivity index (χ1) is 27.5. The van der Waals surface area contributed by atoms with Gasteiger partial charge in [-0.05, 0) is 58.9 Å². The minimum absolute atomic E-state index is 0.0309. The predicted molar refractivity (Wildman–Crippen MR) is 225 cm³/mol. The zero-order valence-electron chi connectivity index (χ0n) is 34.4. The second kappa shape index (κ2) is 19.1. The van der Waals surface area contributed by atoms with Crippen LogP contribution in [0.2, 0.25) is 0 Å². The van der Waals surface area contributed by atoms with Crippen molar-refractivity contribution < 1.29 is 29.4 Å². The highest BCUT2D eigenvalue weighted by atomic mass is 16.4. The van der Waals surface area contributed by atoms with Crippen LogP contribution in [0.3, 0.4) is 0 Å². The summed E-state index contributed by atoms with van der Waals surface area (Å²) in [6.07, 6.45) is -0.134. The topological polar surface area (TPSA) is 164 Å². The standard InChI is InChI=1S/C46H58N6O6/c1-45(2,3)39(50-43(56)57)41(54)48-35(27-32-20-22-34(23-21-32)36-19-13-14-24-47-36)29-38(53)37(28-31-15-9-7-10-16-31)49-42(55)40(46(4,5)6)52-26-25-51(44(52)58)30-33-17-11-8-12-18-33/h7-24,35,37-40,50,53H,25-30H2,1-6H3,(H,48,54)(H,49,55)(H,56,57). The number of rotatable bonds is 16. The number of carbonyl (C=O) groups excluding carboxylic acids is 3. The molecule has 0 spiro atoms. The van der Waals surface area contributed by atoms with Gasteiger partial charge < -0.3 is 36.0 Å². The molecule has 1 saturated heterocycles. The molecule has 58 heavy (non-hydrogen) atoms. The molecule has 0 saturated carbocycles. The Morgan fingerprint density at radius 3 is 1.88 bits per heavy atom. The third-order valence-corrected chi connectivity index (χ3v) is 10.5. The smallest absolute Gasteiger partial charge is 0.405 e. The van der Waals surface area contributed by atoms with Crippen LogP contribution < -0.4 is 16.0 Å². The molecule has 0 bridgehead atoms. The highest BCUT2D eigenvalue weighted by Crippen LogP contribution is 2.29.